The van der Waals surface area contributed by atoms with Crippen LogP contribution in [0.2, 0.25) is 0 Å². The lowest BCUT2D eigenvalue weighted by Crippen LogP contribution is -2.37. The number of fused-ring (bicyclic) bond motifs is 5. The zero-order chi connectivity index (χ0) is 19.1. The fraction of sp³-hybridized carbons (Fsp3) is 0.632. The first-order valence-corrected chi connectivity index (χ1v) is 10.7. The molecule has 0 aromatic carbocycles. The van der Waals surface area contributed by atoms with E-state index < -0.39 is 0 Å². The van der Waals surface area contributed by atoms with Gasteiger partial charge in [-0.2, -0.15) is 9.61 Å². The van der Waals surface area contributed by atoms with Crippen LogP contribution in [0, 0.1) is 0 Å². The van der Waals surface area contributed by atoms with Crippen LogP contribution in [0.3, 0.4) is 0 Å². The smallest absolute Gasteiger partial charge is 0.227 e. The number of anilines is 1. The summed E-state index contributed by atoms with van der Waals surface area (Å²) in [5.74, 6) is 0.765. The van der Waals surface area contributed by atoms with Gasteiger partial charge < -0.3 is 14.8 Å². The minimum Gasteiger partial charge on any atom is -0.379 e. The predicted octanol–water partition coefficient (Wildman–Crippen LogP) is 2.32. The van der Waals surface area contributed by atoms with Gasteiger partial charge in [0.2, 0.25) is 5.95 Å². The van der Waals surface area contributed by atoms with Gasteiger partial charge in [-0.3, -0.25) is 4.90 Å². The van der Waals surface area contributed by atoms with Crippen LogP contribution in [0.25, 0.3) is 15.9 Å². The van der Waals surface area contributed by atoms with Crippen molar-refractivity contribution in [1.29, 1.82) is 0 Å². The fourth-order valence-corrected chi connectivity index (χ4v) is 5.10. The summed E-state index contributed by atoms with van der Waals surface area (Å²) in [5, 5.41) is 9.03. The van der Waals surface area contributed by atoms with Gasteiger partial charge >= 0.3 is 0 Å². The second-order valence-corrected chi connectivity index (χ2v) is 9.16. The van der Waals surface area contributed by atoms with Crippen LogP contribution in [-0.4, -0.2) is 69.5 Å². The second-order valence-electron chi connectivity index (χ2n) is 8.07. The average molecular weight is 403 g/mol. The first-order chi connectivity index (χ1) is 13.6. The number of hydrogen-bond donors (Lipinski definition) is 1. The number of nitrogens with zero attached hydrogens (tertiary/aromatic N) is 5. The molecule has 8 nitrogen and oxygen atoms in total. The first-order valence-electron chi connectivity index (χ1n) is 9.93. The molecule has 1 saturated heterocycles. The van der Waals surface area contributed by atoms with Gasteiger partial charge in [-0.25, -0.2) is 9.97 Å². The Bertz CT molecular complexity index is 991. The minimum atomic E-state index is -0.158. The highest BCUT2D eigenvalue weighted by Crippen LogP contribution is 2.40. The lowest BCUT2D eigenvalue weighted by atomic mass is 9.94. The van der Waals surface area contributed by atoms with Gasteiger partial charge in [-0.05, 0) is 32.4 Å². The van der Waals surface area contributed by atoms with Gasteiger partial charge in [0.25, 0.3) is 0 Å². The molecule has 0 saturated carbocycles. The minimum absolute atomic E-state index is 0.158. The van der Waals surface area contributed by atoms with Crippen molar-refractivity contribution in [1.82, 2.24) is 24.5 Å². The molecule has 2 aliphatic rings. The lowest BCUT2D eigenvalue weighted by Gasteiger charge is -2.30. The van der Waals surface area contributed by atoms with Crippen LogP contribution in [0.4, 0.5) is 5.95 Å². The zero-order valence-electron chi connectivity index (χ0n) is 16.4. The van der Waals surface area contributed by atoms with Crippen LogP contribution in [-0.2, 0) is 22.5 Å². The summed E-state index contributed by atoms with van der Waals surface area (Å²) in [6, 6.07) is 0. The molecule has 3 aromatic heterocycles. The van der Waals surface area contributed by atoms with Gasteiger partial charge in [0.1, 0.15) is 11.2 Å². The molecule has 1 fully saturated rings. The van der Waals surface area contributed by atoms with Crippen molar-refractivity contribution in [2.45, 2.75) is 38.9 Å². The normalized spacial score (nSPS) is 19.9. The van der Waals surface area contributed by atoms with Crippen molar-refractivity contribution in [3.05, 3.63) is 16.8 Å². The molecular formula is C19H26N6O2S. The van der Waals surface area contributed by atoms with E-state index in [-0.39, 0.29) is 5.60 Å². The maximum Gasteiger partial charge on any atom is 0.227 e. The van der Waals surface area contributed by atoms with Crippen LogP contribution in [0.1, 0.15) is 30.7 Å². The highest BCUT2D eigenvalue weighted by molar-refractivity contribution is 7.19. The largest absolute Gasteiger partial charge is 0.379 e. The van der Waals surface area contributed by atoms with Crippen molar-refractivity contribution in [2.75, 3.05) is 44.7 Å². The van der Waals surface area contributed by atoms with Crippen molar-refractivity contribution in [3.63, 3.8) is 0 Å². The molecule has 2 aliphatic heterocycles. The Kier molecular flexibility index (Phi) is 4.70. The maximum absolute atomic E-state index is 5.99. The Balaban J connectivity index is 1.38. The first kappa shape index (κ1) is 18.2. The zero-order valence-corrected chi connectivity index (χ0v) is 17.2. The highest BCUT2D eigenvalue weighted by atomic mass is 32.1. The standard InChI is InChI=1S/C19H26N6O2S/c1-19(2)10-13-14(11-27-19)28-17-15(13)16-21-12-22-25(16)18(23-17)20-4-3-5-24-6-8-26-9-7-24/h12H,3-11H2,1-2H3,(H,20,23). The van der Waals surface area contributed by atoms with E-state index >= 15 is 0 Å². The molecule has 28 heavy (non-hydrogen) atoms. The third-order valence-corrected chi connectivity index (χ3v) is 6.59. The highest BCUT2D eigenvalue weighted by Gasteiger charge is 2.31. The molecule has 0 aliphatic carbocycles. The van der Waals surface area contributed by atoms with Crippen molar-refractivity contribution >= 4 is 33.1 Å². The number of morpholine rings is 1. The van der Waals surface area contributed by atoms with E-state index in [1.165, 1.54) is 10.4 Å². The van der Waals surface area contributed by atoms with Crippen molar-refractivity contribution in [2.24, 2.45) is 0 Å². The fourth-order valence-electron chi connectivity index (χ4n) is 4.00. The van der Waals surface area contributed by atoms with E-state index in [1.54, 1.807) is 17.7 Å². The van der Waals surface area contributed by atoms with Crippen LogP contribution in [0.5, 0.6) is 0 Å². The van der Waals surface area contributed by atoms with E-state index in [1.807, 2.05) is 4.52 Å². The Hall–Kier alpha value is -1.81. The Morgan fingerprint density at radius 2 is 2.14 bits per heavy atom. The molecule has 0 atom stereocenters. The molecule has 0 radical (unpaired) electrons. The van der Waals surface area contributed by atoms with Gasteiger partial charge in [-0.1, -0.05) is 0 Å². The predicted molar refractivity (Wildman–Crippen MR) is 109 cm³/mol. The molecule has 5 heterocycles. The number of aromatic nitrogens is 4. The number of hydrogen-bond acceptors (Lipinski definition) is 8. The SMILES string of the molecule is CC1(C)Cc2c(sc3nc(NCCCN4CCOCC4)n4ncnc4c23)CO1. The molecule has 3 aromatic rings. The van der Waals surface area contributed by atoms with Crippen molar-refractivity contribution < 1.29 is 9.47 Å². The Morgan fingerprint density at radius 3 is 3.00 bits per heavy atom. The molecule has 150 valence electrons. The van der Waals surface area contributed by atoms with E-state index in [4.69, 9.17) is 14.5 Å². The summed E-state index contributed by atoms with van der Waals surface area (Å²) in [6.45, 7) is 10.6. The van der Waals surface area contributed by atoms with Gasteiger partial charge in [0, 0.05) is 30.9 Å². The summed E-state index contributed by atoms with van der Waals surface area (Å²) in [4.78, 5) is 14.2. The molecule has 0 bridgehead atoms. The third kappa shape index (κ3) is 3.36. The summed E-state index contributed by atoms with van der Waals surface area (Å²) in [5.41, 5.74) is 2.05. The molecule has 5 rings (SSSR count). The van der Waals surface area contributed by atoms with Crippen LogP contribution in [0.15, 0.2) is 6.33 Å². The second kappa shape index (κ2) is 7.22. The lowest BCUT2D eigenvalue weighted by molar-refractivity contribution is -0.0379. The molecular weight excluding hydrogens is 376 g/mol. The van der Waals surface area contributed by atoms with E-state index in [0.717, 1.165) is 74.0 Å². The number of ether oxygens (including phenoxy) is 2. The summed E-state index contributed by atoms with van der Waals surface area (Å²) < 4.78 is 13.2. The van der Waals surface area contributed by atoms with Crippen molar-refractivity contribution in [3.8, 4) is 0 Å². The Labute approximate surface area is 167 Å². The molecule has 0 unspecified atom stereocenters. The van der Waals surface area contributed by atoms with Gasteiger partial charge in [0.15, 0.2) is 5.65 Å². The van der Waals surface area contributed by atoms with E-state index in [9.17, 15) is 0 Å². The molecule has 0 spiro atoms. The summed E-state index contributed by atoms with van der Waals surface area (Å²) in [6.07, 6.45) is 3.54. The number of thiophene rings is 1. The summed E-state index contributed by atoms with van der Waals surface area (Å²) >= 11 is 1.72. The van der Waals surface area contributed by atoms with Gasteiger partial charge in [0.05, 0.1) is 30.8 Å². The average Bonchev–Trinajstić information content (AvgIpc) is 3.29. The topological polar surface area (TPSA) is 76.8 Å². The van der Waals surface area contributed by atoms with E-state index in [2.05, 4.69) is 34.1 Å². The third-order valence-electron chi connectivity index (χ3n) is 5.49. The van der Waals surface area contributed by atoms with Crippen LogP contribution < -0.4 is 5.32 Å². The van der Waals surface area contributed by atoms with Crippen LogP contribution >= 0.6 is 11.3 Å². The molecule has 0 amide bonds. The number of nitrogens with one attached hydrogen (secondary N) is 1. The maximum atomic E-state index is 5.99. The number of rotatable bonds is 5. The molecule has 1 N–H and O–H groups in total. The quantitative estimate of drug-likeness (QED) is 0.656. The molecule has 9 heteroatoms. The van der Waals surface area contributed by atoms with E-state index in [0.29, 0.717) is 6.61 Å². The Morgan fingerprint density at radius 1 is 1.29 bits per heavy atom. The van der Waals surface area contributed by atoms with Gasteiger partial charge in [-0.15, -0.1) is 11.3 Å². The summed E-state index contributed by atoms with van der Waals surface area (Å²) in [7, 11) is 0. The monoisotopic (exact) mass is 402 g/mol.